The molecule has 192 valence electrons. The molecule has 1 rings (SSSR count). The van der Waals surface area contributed by atoms with Crippen molar-refractivity contribution in [3.8, 4) is 5.75 Å². The van der Waals surface area contributed by atoms with Crippen LogP contribution in [0, 0.1) is 24.2 Å². The normalized spacial score (nSPS) is 13.8. The standard InChI is InChI=1S/C24H38N2O7S/c1-17(2)21(22(34)26-10-12-31-16-32-14-13-30-4)24(23(28)29,15-20(25)27)9-11-33-19-7-5-18(3)6-8-19/h5-8,17,21H,9-16H2,1-4H3,(H2,25,27)(H,26,34)(H,28,29)/t21-,24-/m1/s1. The first-order valence-corrected chi connectivity index (χ1v) is 11.7. The van der Waals surface area contributed by atoms with Gasteiger partial charge in [0, 0.05) is 26.0 Å². The van der Waals surface area contributed by atoms with Gasteiger partial charge in [0.1, 0.15) is 12.5 Å². The molecule has 2 atom stereocenters. The van der Waals surface area contributed by atoms with E-state index in [9.17, 15) is 14.7 Å². The maximum Gasteiger partial charge on any atom is 0.311 e. The summed E-state index contributed by atoms with van der Waals surface area (Å²) < 4.78 is 21.3. The van der Waals surface area contributed by atoms with Crippen molar-refractivity contribution in [3.63, 3.8) is 0 Å². The zero-order valence-corrected chi connectivity index (χ0v) is 21.3. The van der Waals surface area contributed by atoms with Gasteiger partial charge in [0.15, 0.2) is 0 Å². The van der Waals surface area contributed by atoms with E-state index in [4.69, 9.17) is 36.9 Å². The number of thiocarbonyl (C=S) groups is 1. The van der Waals surface area contributed by atoms with E-state index >= 15 is 0 Å². The number of carbonyl (C=O) groups excluding carboxylic acids is 1. The number of methoxy groups -OCH3 is 1. The van der Waals surface area contributed by atoms with Crippen molar-refractivity contribution in [1.82, 2.24) is 5.32 Å². The molecule has 0 aromatic heterocycles. The summed E-state index contributed by atoms with van der Waals surface area (Å²) in [6.45, 7) is 7.50. The van der Waals surface area contributed by atoms with Crippen molar-refractivity contribution in [3.05, 3.63) is 29.8 Å². The van der Waals surface area contributed by atoms with E-state index in [1.165, 1.54) is 0 Å². The van der Waals surface area contributed by atoms with Crippen molar-refractivity contribution in [2.45, 2.75) is 33.6 Å². The minimum Gasteiger partial charge on any atom is -0.494 e. The summed E-state index contributed by atoms with van der Waals surface area (Å²) in [5.74, 6) is -2.04. The van der Waals surface area contributed by atoms with E-state index in [0.717, 1.165) is 5.56 Å². The van der Waals surface area contributed by atoms with E-state index in [1.54, 1.807) is 7.11 Å². The smallest absolute Gasteiger partial charge is 0.311 e. The number of amides is 1. The molecule has 0 heterocycles. The van der Waals surface area contributed by atoms with Crippen LogP contribution in [0.4, 0.5) is 0 Å². The van der Waals surface area contributed by atoms with Crippen LogP contribution in [0.15, 0.2) is 24.3 Å². The highest BCUT2D eigenvalue weighted by Gasteiger charge is 2.50. The highest BCUT2D eigenvalue weighted by atomic mass is 32.1. The molecule has 0 unspecified atom stereocenters. The quantitative estimate of drug-likeness (QED) is 0.159. The monoisotopic (exact) mass is 498 g/mol. The van der Waals surface area contributed by atoms with Gasteiger partial charge < -0.3 is 35.1 Å². The summed E-state index contributed by atoms with van der Waals surface area (Å²) in [4.78, 5) is 24.9. The van der Waals surface area contributed by atoms with E-state index in [0.29, 0.717) is 37.1 Å². The van der Waals surface area contributed by atoms with E-state index in [2.05, 4.69) is 5.32 Å². The number of hydrogen-bond donors (Lipinski definition) is 3. The first-order valence-electron chi connectivity index (χ1n) is 11.3. The molecule has 10 heteroatoms. The second-order valence-corrected chi connectivity index (χ2v) is 8.90. The molecule has 0 radical (unpaired) electrons. The zero-order valence-electron chi connectivity index (χ0n) is 20.5. The molecule has 0 saturated heterocycles. The Morgan fingerprint density at radius 2 is 1.76 bits per heavy atom. The number of carboxylic acids is 1. The molecule has 9 nitrogen and oxygen atoms in total. The van der Waals surface area contributed by atoms with Gasteiger partial charge in [-0.2, -0.15) is 0 Å². The third-order valence-electron chi connectivity index (χ3n) is 5.44. The number of carboxylic acid groups (broad SMARTS) is 1. The minimum atomic E-state index is -1.51. The summed E-state index contributed by atoms with van der Waals surface area (Å²) in [6.07, 6.45) is -0.290. The lowest BCUT2D eigenvalue weighted by Gasteiger charge is -2.39. The largest absolute Gasteiger partial charge is 0.494 e. The van der Waals surface area contributed by atoms with E-state index < -0.39 is 23.2 Å². The second-order valence-electron chi connectivity index (χ2n) is 8.46. The average Bonchev–Trinajstić information content (AvgIpc) is 2.76. The summed E-state index contributed by atoms with van der Waals surface area (Å²) in [5.41, 5.74) is 5.06. The van der Waals surface area contributed by atoms with E-state index in [-0.39, 0.29) is 32.2 Å². The molecule has 0 fully saturated rings. The molecule has 34 heavy (non-hydrogen) atoms. The molecule has 0 aliphatic rings. The molecule has 1 aromatic carbocycles. The average molecular weight is 499 g/mol. The Kier molecular flexibility index (Phi) is 13.7. The minimum absolute atomic E-state index is 0.0632. The van der Waals surface area contributed by atoms with Crippen LogP contribution in [0.25, 0.3) is 0 Å². The second kappa shape index (κ2) is 15.6. The highest BCUT2D eigenvalue weighted by molar-refractivity contribution is 7.80. The molecule has 0 aliphatic carbocycles. The van der Waals surface area contributed by atoms with Crippen molar-refractivity contribution in [2.24, 2.45) is 23.0 Å². The third kappa shape index (κ3) is 9.92. The predicted molar refractivity (Wildman–Crippen MR) is 133 cm³/mol. The van der Waals surface area contributed by atoms with Crippen molar-refractivity contribution in [2.75, 3.05) is 46.9 Å². The summed E-state index contributed by atoms with van der Waals surface area (Å²) in [5, 5.41) is 13.4. The summed E-state index contributed by atoms with van der Waals surface area (Å²) in [7, 11) is 1.59. The van der Waals surface area contributed by atoms with Gasteiger partial charge in [-0.05, 0) is 31.4 Å². The number of nitrogens with one attached hydrogen (secondary N) is 1. The number of benzene rings is 1. The van der Waals surface area contributed by atoms with Crippen molar-refractivity contribution < 1.29 is 33.6 Å². The number of ether oxygens (including phenoxy) is 4. The van der Waals surface area contributed by atoms with Crippen LogP contribution in [0.3, 0.4) is 0 Å². The topological polar surface area (TPSA) is 129 Å². The number of rotatable bonds is 18. The van der Waals surface area contributed by atoms with Crippen LogP contribution < -0.4 is 15.8 Å². The number of hydrogen-bond acceptors (Lipinski definition) is 7. The molecule has 0 saturated carbocycles. The van der Waals surface area contributed by atoms with Crippen LogP contribution >= 0.6 is 12.2 Å². The molecule has 0 aliphatic heterocycles. The Balaban J connectivity index is 2.87. The maximum atomic E-state index is 12.6. The molecule has 1 aromatic rings. The maximum absolute atomic E-state index is 12.6. The third-order valence-corrected chi connectivity index (χ3v) is 5.84. The Labute approximate surface area is 207 Å². The van der Waals surface area contributed by atoms with Gasteiger partial charge in [-0.3, -0.25) is 9.59 Å². The van der Waals surface area contributed by atoms with Crippen molar-refractivity contribution in [1.29, 1.82) is 0 Å². The lowest BCUT2D eigenvalue weighted by Crippen LogP contribution is -2.51. The summed E-state index contributed by atoms with van der Waals surface area (Å²) >= 11 is 5.59. The molecule has 1 amide bonds. The van der Waals surface area contributed by atoms with Gasteiger partial charge in [0.25, 0.3) is 0 Å². The first kappa shape index (κ1) is 29.8. The number of carbonyl (C=O) groups is 2. The van der Waals surface area contributed by atoms with Gasteiger partial charge in [-0.1, -0.05) is 43.8 Å². The van der Waals surface area contributed by atoms with Gasteiger partial charge in [0.05, 0.1) is 36.8 Å². The SMILES string of the molecule is COCCOCOCCNC(=S)[C@@H](C(C)C)[C@@](CCOc1ccc(C)cc1)(CC(N)=O)C(=O)O. The van der Waals surface area contributed by atoms with Crippen molar-refractivity contribution >= 4 is 29.1 Å². The zero-order chi connectivity index (χ0) is 25.6. The summed E-state index contributed by atoms with van der Waals surface area (Å²) in [6, 6.07) is 7.45. The fourth-order valence-electron chi connectivity index (χ4n) is 3.83. The first-order chi connectivity index (χ1) is 16.1. The van der Waals surface area contributed by atoms with Gasteiger partial charge >= 0.3 is 5.97 Å². The number of nitrogens with two attached hydrogens (primary N) is 1. The van der Waals surface area contributed by atoms with E-state index in [1.807, 2.05) is 45.0 Å². The van der Waals surface area contributed by atoms with Gasteiger partial charge in [-0.15, -0.1) is 0 Å². The number of aryl methyl sites for hydroxylation is 1. The van der Waals surface area contributed by atoms with Crippen LogP contribution in [0.2, 0.25) is 0 Å². The molecule has 0 bridgehead atoms. The fourth-order valence-corrected chi connectivity index (χ4v) is 4.43. The van der Waals surface area contributed by atoms with Crippen LogP contribution in [-0.4, -0.2) is 68.8 Å². The fraction of sp³-hybridized carbons (Fsp3) is 0.625. The lowest BCUT2D eigenvalue weighted by molar-refractivity contribution is -0.156. The lowest BCUT2D eigenvalue weighted by atomic mass is 9.65. The molecule has 4 N–H and O–H groups in total. The Morgan fingerprint density at radius 3 is 2.32 bits per heavy atom. The van der Waals surface area contributed by atoms with Gasteiger partial charge in [0.2, 0.25) is 5.91 Å². The molecule has 0 spiro atoms. The Bertz CT molecular complexity index is 773. The molecular formula is C24H38N2O7S. The Morgan fingerprint density at radius 1 is 1.12 bits per heavy atom. The number of aliphatic carboxylic acids is 1. The van der Waals surface area contributed by atoms with Gasteiger partial charge in [-0.25, -0.2) is 0 Å². The molecular weight excluding hydrogens is 460 g/mol. The highest BCUT2D eigenvalue weighted by Crippen LogP contribution is 2.41. The van der Waals surface area contributed by atoms with Crippen LogP contribution in [0.1, 0.15) is 32.3 Å². The van der Waals surface area contributed by atoms with Crippen LogP contribution in [-0.2, 0) is 23.8 Å². The Hall–Kier alpha value is -2.27. The predicted octanol–water partition coefficient (Wildman–Crippen LogP) is 2.54. The van der Waals surface area contributed by atoms with Crippen LogP contribution in [0.5, 0.6) is 5.75 Å². The number of primary amides is 1.